The van der Waals surface area contributed by atoms with Crippen molar-refractivity contribution in [2.24, 2.45) is 0 Å². The highest BCUT2D eigenvalue weighted by atomic mass is 35.5. The topological polar surface area (TPSA) is 21.7 Å². The highest BCUT2D eigenvalue weighted by Crippen LogP contribution is 2.31. The van der Waals surface area contributed by atoms with Crippen LogP contribution in [0.2, 0.25) is 5.02 Å². The smallest absolute Gasteiger partial charge is 0.141 e. The maximum absolute atomic E-state index is 6.26. The third-order valence-electron chi connectivity index (χ3n) is 3.24. The van der Waals surface area contributed by atoms with Crippen molar-refractivity contribution < 1.29 is 9.47 Å². The van der Waals surface area contributed by atoms with E-state index >= 15 is 0 Å². The van der Waals surface area contributed by atoms with Crippen LogP contribution in [0.4, 0.5) is 0 Å². The van der Waals surface area contributed by atoms with Gasteiger partial charge in [-0.05, 0) is 25.0 Å². The second-order valence-corrected chi connectivity index (χ2v) is 5.02. The molecule has 0 atom stereocenters. The lowest BCUT2D eigenvalue weighted by atomic mass is 10.1. The van der Waals surface area contributed by atoms with Gasteiger partial charge in [0.2, 0.25) is 0 Å². The van der Waals surface area contributed by atoms with Crippen molar-refractivity contribution in [2.45, 2.75) is 13.8 Å². The Morgan fingerprint density at radius 3 is 2.53 bits per heavy atom. The lowest BCUT2D eigenvalue weighted by molar-refractivity contribution is 0.0322. The van der Waals surface area contributed by atoms with Gasteiger partial charge in [0.1, 0.15) is 12.4 Å². The molecule has 0 aliphatic carbocycles. The third kappa shape index (κ3) is 4.53. The fraction of sp³-hybridized carbons (Fsp3) is 0.571. The molecule has 3 nitrogen and oxygen atoms in total. The largest absolute Gasteiger partial charge is 0.490 e. The fourth-order valence-corrected chi connectivity index (χ4v) is 2.30. The van der Waals surface area contributed by atoms with E-state index in [2.05, 4.69) is 4.90 Å². The quantitative estimate of drug-likeness (QED) is 0.853. The van der Waals surface area contributed by atoms with E-state index in [1.807, 2.05) is 26.0 Å². The summed E-state index contributed by atoms with van der Waals surface area (Å²) in [5.41, 5.74) is 2.15. The molecule has 0 N–H and O–H groups in total. The van der Waals surface area contributed by atoms with Crippen LogP contribution >= 0.6 is 24.0 Å². The zero-order valence-electron chi connectivity index (χ0n) is 11.4. The van der Waals surface area contributed by atoms with Gasteiger partial charge in [-0.25, -0.2) is 0 Å². The zero-order chi connectivity index (χ0) is 13.0. The molecule has 0 aromatic heterocycles. The van der Waals surface area contributed by atoms with Crippen molar-refractivity contribution in [1.29, 1.82) is 0 Å². The Hall–Kier alpha value is -0.480. The van der Waals surface area contributed by atoms with Crippen molar-refractivity contribution in [3.63, 3.8) is 0 Å². The maximum Gasteiger partial charge on any atom is 0.141 e. The molecule has 0 spiro atoms. The first-order valence-electron chi connectivity index (χ1n) is 6.37. The first kappa shape index (κ1) is 16.6. The van der Waals surface area contributed by atoms with Crippen LogP contribution in [0.1, 0.15) is 11.1 Å². The molecule has 0 amide bonds. The van der Waals surface area contributed by atoms with Gasteiger partial charge in [0.05, 0.1) is 18.2 Å². The third-order valence-corrected chi connectivity index (χ3v) is 3.71. The molecular weight excluding hydrogens is 285 g/mol. The number of hydrogen-bond acceptors (Lipinski definition) is 3. The van der Waals surface area contributed by atoms with Crippen LogP contribution in [-0.2, 0) is 4.74 Å². The summed E-state index contributed by atoms with van der Waals surface area (Å²) in [6, 6.07) is 4.07. The number of nitrogens with zero attached hydrogens (tertiary/aromatic N) is 1. The molecular formula is C14H21Cl2NO2. The number of rotatable bonds is 4. The van der Waals surface area contributed by atoms with Gasteiger partial charge >= 0.3 is 0 Å². The summed E-state index contributed by atoms with van der Waals surface area (Å²) in [6.45, 7) is 9.24. The minimum atomic E-state index is 0. The average Bonchev–Trinajstić information content (AvgIpc) is 2.39. The maximum atomic E-state index is 6.26. The lowest BCUT2D eigenvalue weighted by Gasteiger charge is -2.26. The number of halogens is 2. The second-order valence-electron chi connectivity index (χ2n) is 4.64. The monoisotopic (exact) mass is 305 g/mol. The van der Waals surface area contributed by atoms with E-state index in [4.69, 9.17) is 21.1 Å². The van der Waals surface area contributed by atoms with E-state index in [0.29, 0.717) is 6.61 Å². The van der Waals surface area contributed by atoms with Crippen molar-refractivity contribution in [2.75, 3.05) is 39.5 Å². The predicted molar refractivity (Wildman–Crippen MR) is 80.9 cm³/mol. The van der Waals surface area contributed by atoms with Gasteiger partial charge in [0.25, 0.3) is 0 Å². The molecule has 1 saturated heterocycles. The Kier molecular flexibility index (Phi) is 6.94. The van der Waals surface area contributed by atoms with Crippen molar-refractivity contribution in [1.82, 2.24) is 4.90 Å². The van der Waals surface area contributed by atoms with Crippen LogP contribution in [0.25, 0.3) is 0 Å². The molecule has 0 radical (unpaired) electrons. The molecule has 108 valence electrons. The minimum absolute atomic E-state index is 0. The van der Waals surface area contributed by atoms with E-state index in [9.17, 15) is 0 Å². The number of ether oxygens (including phenoxy) is 2. The zero-order valence-corrected chi connectivity index (χ0v) is 13.0. The normalized spacial score (nSPS) is 15.9. The fourth-order valence-electron chi connectivity index (χ4n) is 2.03. The number of aryl methyl sites for hydroxylation is 2. The molecule has 0 saturated carbocycles. The summed E-state index contributed by atoms with van der Waals surface area (Å²) in [4.78, 5) is 2.35. The predicted octanol–water partition coefficient (Wildman–Crippen LogP) is 3.09. The Bertz CT molecular complexity index is 407. The van der Waals surface area contributed by atoms with Crippen molar-refractivity contribution in [3.05, 3.63) is 28.3 Å². The van der Waals surface area contributed by atoms with Crippen molar-refractivity contribution >= 4 is 24.0 Å². The highest BCUT2D eigenvalue weighted by molar-refractivity contribution is 6.32. The number of benzene rings is 1. The molecule has 5 heteroatoms. The van der Waals surface area contributed by atoms with E-state index in [0.717, 1.165) is 54.7 Å². The summed E-state index contributed by atoms with van der Waals surface area (Å²) in [6.07, 6.45) is 0. The molecule has 1 aliphatic heterocycles. The Morgan fingerprint density at radius 2 is 1.84 bits per heavy atom. The van der Waals surface area contributed by atoms with Crippen LogP contribution in [0.15, 0.2) is 12.1 Å². The van der Waals surface area contributed by atoms with E-state index in [-0.39, 0.29) is 12.4 Å². The first-order valence-corrected chi connectivity index (χ1v) is 6.75. The van der Waals surface area contributed by atoms with Gasteiger partial charge in [-0.3, -0.25) is 4.90 Å². The molecule has 0 unspecified atom stereocenters. The molecule has 19 heavy (non-hydrogen) atoms. The Labute approximate surface area is 126 Å². The molecule has 1 aromatic rings. The summed E-state index contributed by atoms with van der Waals surface area (Å²) >= 11 is 6.26. The second kappa shape index (κ2) is 7.95. The molecule has 0 bridgehead atoms. The standard InChI is InChI=1S/C14H20ClNO2.ClH/c1-11-3-4-12(2)14(13(11)15)18-10-7-16-5-8-17-9-6-16;/h3-4H,5-10H2,1-2H3;1H. The summed E-state index contributed by atoms with van der Waals surface area (Å²) < 4.78 is 11.2. The summed E-state index contributed by atoms with van der Waals surface area (Å²) in [5.74, 6) is 0.824. The Balaban J connectivity index is 0.00000180. The highest BCUT2D eigenvalue weighted by Gasteiger charge is 2.12. The number of hydrogen-bond donors (Lipinski definition) is 0. The molecule has 1 fully saturated rings. The Morgan fingerprint density at radius 1 is 1.21 bits per heavy atom. The van der Waals surface area contributed by atoms with Crippen molar-refractivity contribution in [3.8, 4) is 5.75 Å². The van der Waals surface area contributed by atoms with Gasteiger partial charge in [0.15, 0.2) is 0 Å². The number of morpholine rings is 1. The van der Waals surface area contributed by atoms with Gasteiger partial charge in [0, 0.05) is 19.6 Å². The van der Waals surface area contributed by atoms with E-state index < -0.39 is 0 Å². The summed E-state index contributed by atoms with van der Waals surface area (Å²) in [7, 11) is 0. The van der Waals surface area contributed by atoms with Crippen LogP contribution in [0.5, 0.6) is 5.75 Å². The SMILES string of the molecule is Cc1ccc(C)c(OCCN2CCOCC2)c1Cl.Cl. The molecule has 1 aromatic carbocycles. The molecule has 1 aliphatic rings. The van der Waals surface area contributed by atoms with Crippen LogP contribution in [0, 0.1) is 13.8 Å². The van der Waals surface area contributed by atoms with Crippen LogP contribution in [-0.4, -0.2) is 44.4 Å². The van der Waals surface area contributed by atoms with Crippen LogP contribution < -0.4 is 4.74 Å². The average molecular weight is 306 g/mol. The minimum Gasteiger partial charge on any atom is -0.490 e. The molecule has 2 rings (SSSR count). The van der Waals surface area contributed by atoms with Gasteiger partial charge < -0.3 is 9.47 Å². The molecule has 1 heterocycles. The van der Waals surface area contributed by atoms with E-state index in [1.54, 1.807) is 0 Å². The van der Waals surface area contributed by atoms with Gasteiger partial charge in [-0.15, -0.1) is 12.4 Å². The van der Waals surface area contributed by atoms with Gasteiger partial charge in [-0.1, -0.05) is 23.7 Å². The first-order chi connectivity index (χ1) is 8.68. The van der Waals surface area contributed by atoms with Crippen LogP contribution in [0.3, 0.4) is 0 Å². The lowest BCUT2D eigenvalue weighted by Crippen LogP contribution is -2.38. The van der Waals surface area contributed by atoms with Gasteiger partial charge in [-0.2, -0.15) is 0 Å². The summed E-state index contributed by atoms with van der Waals surface area (Å²) in [5, 5.41) is 0.733. The van der Waals surface area contributed by atoms with E-state index in [1.165, 1.54) is 0 Å².